The van der Waals surface area contributed by atoms with Gasteiger partial charge >= 0.3 is 0 Å². The summed E-state index contributed by atoms with van der Waals surface area (Å²) in [5.74, 6) is 0. The highest BCUT2D eigenvalue weighted by atomic mass is 16.5. The molecule has 0 N–H and O–H groups in total. The van der Waals surface area contributed by atoms with Crippen LogP contribution in [0.1, 0.15) is 122 Å². The minimum Gasteiger partial charge on any atom is -0.374 e. The first-order valence-electron chi connectivity index (χ1n) is 10.7. The third-order valence-corrected chi connectivity index (χ3v) is 5.15. The molecule has 1 nitrogen and oxygen atoms in total. The van der Waals surface area contributed by atoms with E-state index in [4.69, 9.17) is 4.74 Å². The van der Waals surface area contributed by atoms with Gasteiger partial charge in [0.2, 0.25) is 0 Å². The minimum atomic E-state index is 0.206. The molecule has 0 saturated heterocycles. The van der Waals surface area contributed by atoms with Gasteiger partial charge in [-0.3, -0.25) is 0 Å². The first kappa shape index (κ1) is 25.0. The predicted octanol–water partition coefficient (Wildman–Crippen LogP) is 8.27. The second-order valence-electron chi connectivity index (χ2n) is 12.1. The molecule has 0 rings (SSSR count). The van der Waals surface area contributed by atoms with E-state index in [-0.39, 0.29) is 10.8 Å². The SMILES string of the molecule is CCCC(OC(CCC)C(C)(C)CC(C)(C)C)C(C)(C)CC(C)(C)C. The average Bonchev–Trinajstić information content (AvgIpc) is 2.31. The first-order chi connectivity index (χ1) is 11.0. The second kappa shape index (κ2) is 9.25. The summed E-state index contributed by atoms with van der Waals surface area (Å²) in [7, 11) is 0. The maximum atomic E-state index is 6.95. The van der Waals surface area contributed by atoms with E-state index in [0.29, 0.717) is 23.0 Å². The molecular weight excluding hydrogens is 304 g/mol. The van der Waals surface area contributed by atoms with Crippen molar-refractivity contribution in [3.8, 4) is 0 Å². The third kappa shape index (κ3) is 10.0. The average molecular weight is 355 g/mol. The highest BCUT2D eigenvalue weighted by Crippen LogP contribution is 2.43. The molecule has 0 aromatic carbocycles. The lowest BCUT2D eigenvalue weighted by molar-refractivity contribution is -0.134. The van der Waals surface area contributed by atoms with Crippen molar-refractivity contribution < 1.29 is 4.74 Å². The van der Waals surface area contributed by atoms with Crippen LogP contribution in [-0.4, -0.2) is 12.2 Å². The summed E-state index contributed by atoms with van der Waals surface area (Å²) in [5.41, 5.74) is 1.08. The first-order valence-corrected chi connectivity index (χ1v) is 10.7. The molecule has 0 aliphatic rings. The Morgan fingerprint density at radius 2 is 0.840 bits per heavy atom. The molecule has 0 saturated carbocycles. The molecule has 0 amide bonds. The quantitative estimate of drug-likeness (QED) is 0.383. The van der Waals surface area contributed by atoms with Gasteiger partial charge in [0.15, 0.2) is 0 Å². The molecule has 0 fully saturated rings. The van der Waals surface area contributed by atoms with E-state index in [9.17, 15) is 0 Å². The zero-order chi connectivity index (χ0) is 20.1. The molecule has 152 valence electrons. The van der Waals surface area contributed by atoms with Crippen LogP contribution in [0.5, 0.6) is 0 Å². The fourth-order valence-corrected chi connectivity index (χ4v) is 4.97. The number of hydrogen-bond acceptors (Lipinski definition) is 1. The minimum absolute atomic E-state index is 0.206. The van der Waals surface area contributed by atoms with E-state index in [1.807, 2.05) is 0 Å². The molecule has 25 heavy (non-hydrogen) atoms. The van der Waals surface area contributed by atoms with Gasteiger partial charge in [-0.05, 0) is 47.3 Å². The van der Waals surface area contributed by atoms with Gasteiger partial charge in [-0.2, -0.15) is 0 Å². The summed E-state index contributed by atoms with van der Waals surface area (Å²) in [6.07, 6.45) is 7.78. The van der Waals surface area contributed by atoms with Gasteiger partial charge in [0.05, 0.1) is 12.2 Å². The van der Waals surface area contributed by atoms with Crippen molar-refractivity contribution >= 4 is 0 Å². The highest BCUT2D eigenvalue weighted by molar-refractivity contribution is 4.89. The molecule has 0 bridgehead atoms. The Balaban J connectivity index is 5.44. The van der Waals surface area contributed by atoms with Crippen molar-refractivity contribution in [2.24, 2.45) is 21.7 Å². The molecule has 2 unspecified atom stereocenters. The van der Waals surface area contributed by atoms with Crippen LogP contribution in [-0.2, 0) is 4.74 Å². The lowest BCUT2D eigenvalue weighted by Gasteiger charge is -2.45. The number of ether oxygens (including phenoxy) is 1. The number of hydrogen-bond donors (Lipinski definition) is 0. The lowest BCUT2D eigenvalue weighted by Crippen LogP contribution is -2.43. The Morgan fingerprint density at radius 1 is 0.560 bits per heavy atom. The molecule has 0 radical (unpaired) electrons. The maximum Gasteiger partial charge on any atom is 0.0630 e. The van der Waals surface area contributed by atoms with Gasteiger partial charge < -0.3 is 4.74 Å². The van der Waals surface area contributed by atoms with Crippen LogP contribution >= 0.6 is 0 Å². The Kier molecular flexibility index (Phi) is 9.23. The van der Waals surface area contributed by atoms with Crippen LogP contribution in [0.15, 0.2) is 0 Å². The molecule has 1 heteroatoms. The van der Waals surface area contributed by atoms with Gasteiger partial charge in [-0.1, -0.05) is 95.9 Å². The normalized spacial score (nSPS) is 16.8. The Morgan fingerprint density at radius 3 is 1.04 bits per heavy atom. The van der Waals surface area contributed by atoms with Crippen molar-refractivity contribution in [1.82, 2.24) is 0 Å². The van der Waals surface area contributed by atoms with Crippen LogP contribution in [0.4, 0.5) is 0 Å². The van der Waals surface area contributed by atoms with Crippen molar-refractivity contribution in [1.29, 1.82) is 0 Å². The maximum absolute atomic E-state index is 6.95. The molecule has 0 spiro atoms. The summed E-state index contributed by atoms with van der Waals surface area (Å²) in [6.45, 7) is 28.4. The number of rotatable bonds is 10. The van der Waals surface area contributed by atoms with Gasteiger partial charge in [0.25, 0.3) is 0 Å². The molecule has 0 aliphatic carbocycles. The van der Waals surface area contributed by atoms with E-state index in [0.717, 1.165) is 12.8 Å². The third-order valence-electron chi connectivity index (χ3n) is 5.15. The van der Waals surface area contributed by atoms with Gasteiger partial charge in [0.1, 0.15) is 0 Å². The second-order valence-corrected chi connectivity index (χ2v) is 12.1. The van der Waals surface area contributed by atoms with Gasteiger partial charge in [-0.25, -0.2) is 0 Å². The Labute approximate surface area is 160 Å². The van der Waals surface area contributed by atoms with Crippen molar-refractivity contribution in [2.45, 2.75) is 134 Å². The largest absolute Gasteiger partial charge is 0.374 e. The molecule has 2 atom stereocenters. The van der Waals surface area contributed by atoms with E-state index in [1.54, 1.807) is 0 Å². The highest BCUT2D eigenvalue weighted by Gasteiger charge is 2.40. The van der Waals surface area contributed by atoms with Crippen LogP contribution in [0, 0.1) is 21.7 Å². The van der Waals surface area contributed by atoms with Crippen molar-refractivity contribution in [3.05, 3.63) is 0 Å². The van der Waals surface area contributed by atoms with Crippen LogP contribution in [0.3, 0.4) is 0 Å². The van der Waals surface area contributed by atoms with Crippen molar-refractivity contribution in [3.63, 3.8) is 0 Å². The smallest absolute Gasteiger partial charge is 0.0630 e. The van der Waals surface area contributed by atoms with E-state index < -0.39 is 0 Å². The fourth-order valence-electron chi connectivity index (χ4n) is 4.97. The predicted molar refractivity (Wildman–Crippen MR) is 114 cm³/mol. The van der Waals surface area contributed by atoms with Crippen molar-refractivity contribution in [2.75, 3.05) is 0 Å². The topological polar surface area (TPSA) is 9.23 Å². The fraction of sp³-hybridized carbons (Fsp3) is 1.00. The summed E-state index contributed by atoms with van der Waals surface area (Å²) >= 11 is 0. The lowest BCUT2D eigenvalue weighted by atomic mass is 9.70. The van der Waals surface area contributed by atoms with Crippen LogP contribution < -0.4 is 0 Å². The van der Waals surface area contributed by atoms with Crippen LogP contribution in [0.25, 0.3) is 0 Å². The summed E-state index contributed by atoms with van der Waals surface area (Å²) in [6, 6.07) is 0. The Hall–Kier alpha value is -0.0400. The van der Waals surface area contributed by atoms with E-state index >= 15 is 0 Å². The zero-order valence-corrected chi connectivity index (χ0v) is 19.8. The molecule has 0 aromatic heterocycles. The Bertz CT molecular complexity index is 329. The summed E-state index contributed by atoms with van der Waals surface area (Å²) in [5, 5.41) is 0. The zero-order valence-electron chi connectivity index (χ0n) is 19.8. The summed E-state index contributed by atoms with van der Waals surface area (Å²) < 4.78 is 6.95. The standard InChI is InChI=1S/C24H50O/c1-13-15-19(23(9,10)17-21(3,4)5)25-20(16-14-2)24(11,12)18-22(6,7)8/h19-20H,13-18H2,1-12H3. The molecule has 0 heterocycles. The van der Waals surface area contributed by atoms with Gasteiger partial charge in [-0.15, -0.1) is 0 Å². The summed E-state index contributed by atoms with van der Waals surface area (Å²) in [4.78, 5) is 0. The van der Waals surface area contributed by atoms with E-state index in [2.05, 4.69) is 83.1 Å². The van der Waals surface area contributed by atoms with Crippen LogP contribution in [0.2, 0.25) is 0 Å². The molecule has 0 aromatic rings. The van der Waals surface area contributed by atoms with E-state index in [1.165, 1.54) is 25.7 Å². The molecular formula is C24H50O. The van der Waals surface area contributed by atoms with Gasteiger partial charge in [0, 0.05) is 0 Å². The molecule has 0 aliphatic heterocycles. The monoisotopic (exact) mass is 354 g/mol.